The number of nitrogens with two attached hydrogens (primary N) is 1. The van der Waals surface area contributed by atoms with Crippen molar-refractivity contribution in [1.29, 1.82) is 0 Å². The Bertz CT molecular complexity index is 448. The minimum absolute atomic E-state index is 0.813. The van der Waals surface area contributed by atoms with Gasteiger partial charge in [0.1, 0.15) is 5.82 Å². The van der Waals surface area contributed by atoms with Crippen LogP contribution in [0.4, 0.5) is 5.69 Å². The van der Waals surface area contributed by atoms with Gasteiger partial charge in [0.05, 0.1) is 0 Å². The van der Waals surface area contributed by atoms with Gasteiger partial charge in [-0.25, -0.2) is 4.98 Å². The topological polar surface area (TPSA) is 43.8 Å². The number of aromatic nitrogens is 2. The van der Waals surface area contributed by atoms with Crippen molar-refractivity contribution in [1.82, 2.24) is 9.55 Å². The molecule has 3 nitrogen and oxygen atoms in total. The van der Waals surface area contributed by atoms with Gasteiger partial charge in [-0.15, -0.1) is 11.8 Å². The molecule has 0 amide bonds. The average molecular weight is 233 g/mol. The summed E-state index contributed by atoms with van der Waals surface area (Å²) in [6.07, 6.45) is 4.80. The maximum absolute atomic E-state index is 5.63. The van der Waals surface area contributed by atoms with E-state index >= 15 is 0 Å². The first-order chi connectivity index (χ1) is 7.75. The normalized spacial score (nSPS) is 10.6. The summed E-state index contributed by atoms with van der Waals surface area (Å²) in [7, 11) is 2.02. The van der Waals surface area contributed by atoms with Crippen LogP contribution in [0.15, 0.2) is 41.6 Å². The Morgan fingerprint density at radius 2 is 2.06 bits per heavy atom. The maximum Gasteiger partial charge on any atom is 0.109 e. The first-order valence-corrected chi connectivity index (χ1v) is 6.19. The van der Waals surface area contributed by atoms with Gasteiger partial charge < -0.3 is 10.3 Å². The molecule has 1 aromatic heterocycles. The van der Waals surface area contributed by atoms with E-state index in [0.717, 1.165) is 23.7 Å². The second-order valence-corrected chi connectivity index (χ2v) is 4.79. The number of imidazole rings is 1. The van der Waals surface area contributed by atoms with E-state index in [1.54, 1.807) is 0 Å². The Morgan fingerprint density at radius 1 is 1.31 bits per heavy atom. The highest BCUT2D eigenvalue weighted by Gasteiger charge is 1.99. The Kier molecular flexibility index (Phi) is 3.51. The highest BCUT2D eigenvalue weighted by Crippen LogP contribution is 2.19. The number of rotatable bonds is 4. The van der Waals surface area contributed by atoms with Crippen LogP contribution in [0.3, 0.4) is 0 Å². The fraction of sp³-hybridized carbons (Fsp3) is 0.250. The predicted octanol–water partition coefficient (Wildman–Crippen LogP) is 2.34. The van der Waals surface area contributed by atoms with Gasteiger partial charge in [-0.05, 0) is 24.3 Å². The first-order valence-electron chi connectivity index (χ1n) is 5.20. The van der Waals surface area contributed by atoms with Crippen molar-refractivity contribution in [3.05, 3.63) is 42.5 Å². The number of thioether (sulfide) groups is 1. The molecular formula is C12H15N3S. The summed E-state index contributed by atoms with van der Waals surface area (Å²) in [6, 6.07) is 7.98. The van der Waals surface area contributed by atoms with Crippen LogP contribution in [0.5, 0.6) is 0 Å². The molecule has 0 saturated heterocycles. The summed E-state index contributed by atoms with van der Waals surface area (Å²) in [5.74, 6) is 2.16. The number of hydrogen-bond donors (Lipinski definition) is 1. The molecule has 2 rings (SSSR count). The van der Waals surface area contributed by atoms with Gasteiger partial charge in [-0.2, -0.15) is 0 Å². The van der Waals surface area contributed by atoms with E-state index in [2.05, 4.69) is 21.7 Å². The highest BCUT2D eigenvalue weighted by molar-refractivity contribution is 7.99. The van der Waals surface area contributed by atoms with Gasteiger partial charge in [0.15, 0.2) is 0 Å². The molecule has 0 aliphatic rings. The molecule has 0 aliphatic heterocycles. The molecule has 0 unspecified atom stereocenters. The third kappa shape index (κ3) is 2.79. The largest absolute Gasteiger partial charge is 0.399 e. The number of benzene rings is 1. The molecular weight excluding hydrogens is 218 g/mol. The predicted molar refractivity (Wildman–Crippen MR) is 68.5 cm³/mol. The molecule has 0 saturated carbocycles. The number of hydrogen-bond acceptors (Lipinski definition) is 3. The van der Waals surface area contributed by atoms with Crippen molar-refractivity contribution in [2.24, 2.45) is 7.05 Å². The van der Waals surface area contributed by atoms with Crippen LogP contribution in [0.25, 0.3) is 0 Å². The molecule has 1 aromatic carbocycles. The quantitative estimate of drug-likeness (QED) is 0.651. The third-order valence-corrected chi connectivity index (χ3v) is 3.41. The zero-order chi connectivity index (χ0) is 11.4. The Morgan fingerprint density at radius 3 is 2.69 bits per heavy atom. The number of aryl methyl sites for hydroxylation is 2. The van der Waals surface area contributed by atoms with E-state index in [-0.39, 0.29) is 0 Å². The van der Waals surface area contributed by atoms with E-state index in [1.807, 2.05) is 43.3 Å². The summed E-state index contributed by atoms with van der Waals surface area (Å²) in [5.41, 5.74) is 6.44. The lowest BCUT2D eigenvalue weighted by molar-refractivity contribution is 0.811. The van der Waals surface area contributed by atoms with E-state index in [9.17, 15) is 0 Å². The SMILES string of the molecule is Cn1ccnc1CCSc1ccc(N)cc1. The van der Waals surface area contributed by atoms with Crippen molar-refractivity contribution >= 4 is 17.4 Å². The lowest BCUT2D eigenvalue weighted by Gasteiger charge is -2.02. The number of nitrogens with zero attached hydrogens (tertiary/aromatic N) is 2. The Labute approximate surface area is 99.7 Å². The molecule has 16 heavy (non-hydrogen) atoms. The molecule has 0 atom stereocenters. The van der Waals surface area contributed by atoms with Crippen molar-refractivity contribution < 1.29 is 0 Å². The van der Waals surface area contributed by atoms with E-state index in [1.165, 1.54) is 4.90 Å². The van der Waals surface area contributed by atoms with Crippen molar-refractivity contribution in [2.45, 2.75) is 11.3 Å². The van der Waals surface area contributed by atoms with Crippen molar-refractivity contribution in [2.75, 3.05) is 11.5 Å². The van der Waals surface area contributed by atoms with Crippen LogP contribution < -0.4 is 5.73 Å². The van der Waals surface area contributed by atoms with Crippen LogP contribution in [0.2, 0.25) is 0 Å². The van der Waals surface area contributed by atoms with Gasteiger partial charge in [-0.3, -0.25) is 0 Å². The summed E-state index contributed by atoms with van der Waals surface area (Å²) < 4.78 is 2.06. The van der Waals surface area contributed by atoms with Crippen LogP contribution in [-0.2, 0) is 13.5 Å². The summed E-state index contributed by atoms with van der Waals surface area (Å²) in [4.78, 5) is 5.54. The molecule has 0 aliphatic carbocycles. The summed E-state index contributed by atoms with van der Waals surface area (Å²) in [6.45, 7) is 0. The van der Waals surface area contributed by atoms with Crippen molar-refractivity contribution in [3.8, 4) is 0 Å². The molecule has 4 heteroatoms. The van der Waals surface area contributed by atoms with Gasteiger partial charge in [-0.1, -0.05) is 0 Å². The Balaban J connectivity index is 1.84. The molecule has 1 heterocycles. The maximum atomic E-state index is 5.63. The van der Waals surface area contributed by atoms with Crippen LogP contribution in [0, 0.1) is 0 Å². The van der Waals surface area contributed by atoms with Gasteiger partial charge in [0.25, 0.3) is 0 Å². The van der Waals surface area contributed by atoms with E-state index in [0.29, 0.717) is 0 Å². The lowest BCUT2D eigenvalue weighted by atomic mass is 10.3. The second kappa shape index (κ2) is 5.07. The van der Waals surface area contributed by atoms with E-state index in [4.69, 9.17) is 5.73 Å². The standard InChI is InChI=1S/C12H15N3S/c1-15-8-7-14-12(15)6-9-16-11-4-2-10(13)3-5-11/h2-5,7-8H,6,9,13H2,1H3. The molecule has 0 bridgehead atoms. The zero-order valence-electron chi connectivity index (χ0n) is 9.26. The fourth-order valence-corrected chi connectivity index (χ4v) is 2.31. The third-order valence-electron chi connectivity index (χ3n) is 2.40. The Hall–Kier alpha value is -1.42. The van der Waals surface area contributed by atoms with Crippen LogP contribution >= 0.6 is 11.8 Å². The molecule has 2 N–H and O–H groups in total. The minimum atomic E-state index is 0.813. The molecule has 0 spiro atoms. The summed E-state index contributed by atoms with van der Waals surface area (Å²) in [5, 5.41) is 0. The summed E-state index contributed by atoms with van der Waals surface area (Å²) >= 11 is 1.83. The number of nitrogen functional groups attached to an aromatic ring is 1. The molecule has 84 valence electrons. The fourth-order valence-electron chi connectivity index (χ4n) is 1.46. The second-order valence-electron chi connectivity index (χ2n) is 3.62. The molecule has 2 aromatic rings. The van der Waals surface area contributed by atoms with Crippen LogP contribution in [-0.4, -0.2) is 15.3 Å². The number of anilines is 1. The highest BCUT2D eigenvalue weighted by atomic mass is 32.2. The average Bonchev–Trinajstić information content (AvgIpc) is 2.68. The van der Waals surface area contributed by atoms with E-state index < -0.39 is 0 Å². The smallest absolute Gasteiger partial charge is 0.109 e. The van der Waals surface area contributed by atoms with Gasteiger partial charge in [0.2, 0.25) is 0 Å². The molecule has 0 radical (unpaired) electrons. The minimum Gasteiger partial charge on any atom is -0.399 e. The molecule has 0 fully saturated rings. The first kappa shape index (κ1) is 11.1. The zero-order valence-corrected chi connectivity index (χ0v) is 10.1. The van der Waals surface area contributed by atoms with Crippen LogP contribution in [0.1, 0.15) is 5.82 Å². The van der Waals surface area contributed by atoms with Crippen molar-refractivity contribution in [3.63, 3.8) is 0 Å². The van der Waals surface area contributed by atoms with Gasteiger partial charge in [0, 0.05) is 42.2 Å². The lowest BCUT2D eigenvalue weighted by Crippen LogP contribution is -1.98. The monoisotopic (exact) mass is 233 g/mol. The van der Waals surface area contributed by atoms with Gasteiger partial charge >= 0.3 is 0 Å².